The molecule has 2 aromatic rings. The highest BCUT2D eigenvalue weighted by atomic mass is 16.5. The van der Waals surface area contributed by atoms with E-state index in [9.17, 15) is 9.59 Å². The van der Waals surface area contributed by atoms with E-state index in [0.717, 1.165) is 30.3 Å². The van der Waals surface area contributed by atoms with Crippen molar-refractivity contribution in [2.24, 2.45) is 11.7 Å². The molecule has 26 heavy (non-hydrogen) atoms. The zero-order valence-electron chi connectivity index (χ0n) is 14.7. The van der Waals surface area contributed by atoms with Crippen LogP contribution < -0.4 is 15.8 Å². The first-order valence-electron chi connectivity index (χ1n) is 8.88. The number of fused-ring (bicyclic) bond motifs is 1. The lowest BCUT2D eigenvalue weighted by Gasteiger charge is -2.30. The van der Waals surface area contributed by atoms with Gasteiger partial charge < -0.3 is 15.8 Å². The van der Waals surface area contributed by atoms with E-state index in [-0.39, 0.29) is 24.3 Å². The molecular weight excluding hydrogens is 332 g/mol. The van der Waals surface area contributed by atoms with Crippen molar-refractivity contribution in [2.45, 2.75) is 12.8 Å². The molecule has 0 unspecified atom stereocenters. The third-order valence-corrected chi connectivity index (χ3v) is 4.51. The highest BCUT2D eigenvalue weighted by Crippen LogP contribution is 2.22. The number of nitrogens with zero attached hydrogens (tertiary/aromatic N) is 2. The van der Waals surface area contributed by atoms with Gasteiger partial charge in [-0.1, -0.05) is 18.2 Å². The zero-order valence-corrected chi connectivity index (χ0v) is 14.7. The molecular formula is C19H24N4O3. The molecule has 2 heterocycles. The second kappa shape index (κ2) is 8.62. The third-order valence-electron chi connectivity index (χ3n) is 4.51. The Hall–Kier alpha value is -2.67. The summed E-state index contributed by atoms with van der Waals surface area (Å²) in [5, 5.41) is 3.94. The number of rotatable bonds is 7. The Morgan fingerprint density at radius 1 is 1.31 bits per heavy atom. The number of para-hydroxylation sites is 1. The Bertz CT molecular complexity index is 775. The quantitative estimate of drug-likeness (QED) is 0.719. The van der Waals surface area contributed by atoms with Gasteiger partial charge in [-0.3, -0.25) is 19.5 Å². The molecule has 1 aliphatic heterocycles. The van der Waals surface area contributed by atoms with Crippen molar-refractivity contribution < 1.29 is 14.3 Å². The van der Waals surface area contributed by atoms with Crippen LogP contribution in [0.1, 0.15) is 12.8 Å². The number of primary amides is 1. The number of hydrogen-bond donors (Lipinski definition) is 2. The number of piperidine rings is 1. The van der Waals surface area contributed by atoms with E-state index in [2.05, 4.69) is 10.3 Å². The summed E-state index contributed by atoms with van der Waals surface area (Å²) < 4.78 is 5.78. The lowest BCUT2D eigenvalue weighted by molar-refractivity contribution is -0.128. The van der Waals surface area contributed by atoms with Crippen LogP contribution >= 0.6 is 0 Å². The van der Waals surface area contributed by atoms with Gasteiger partial charge in [-0.25, -0.2) is 0 Å². The van der Waals surface area contributed by atoms with Crippen LogP contribution in [-0.2, 0) is 9.59 Å². The minimum Gasteiger partial charge on any atom is -0.489 e. The fraction of sp³-hybridized carbons (Fsp3) is 0.421. The van der Waals surface area contributed by atoms with Crippen molar-refractivity contribution in [1.29, 1.82) is 0 Å². The predicted octanol–water partition coefficient (Wildman–Crippen LogP) is 0.927. The summed E-state index contributed by atoms with van der Waals surface area (Å²) in [6.45, 7) is 2.39. The standard InChI is InChI=1S/C19H24N4O3/c20-17(24)13-23-10-3-6-15(12-23)19(25)22-9-11-26-16-7-1-4-14-5-2-8-21-18(14)16/h1-2,4-5,7-8,15H,3,6,9-13H2,(H2,20,24)(H,22,25)/t15-/m0/s1. The van der Waals surface area contributed by atoms with E-state index in [1.165, 1.54) is 0 Å². The van der Waals surface area contributed by atoms with Gasteiger partial charge in [0.2, 0.25) is 11.8 Å². The molecule has 1 aromatic heterocycles. The van der Waals surface area contributed by atoms with Crippen LogP contribution in [0, 0.1) is 5.92 Å². The van der Waals surface area contributed by atoms with Crippen LogP contribution in [-0.4, -0.2) is 54.5 Å². The van der Waals surface area contributed by atoms with E-state index in [1.807, 2.05) is 35.2 Å². The molecule has 7 nitrogen and oxygen atoms in total. The maximum Gasteiger partial charge on any atom is 0.231 e. The molecule has 138 valence electrons. The molecule has 1 fully saturated rings. The number of nitrogens with one attached hydrogen (secondary N) is 1. The molecule has 0 saturated carbocycles. The predicted molar refractivity (Wildman–Crippen MR) is 98.6 cm³/mol. The Labute approximate surface area is 152 Å². The fourth-order valence-electron chi connectivity index (χ4n) is 3.31. The van der Waals surface area contributed by atoms with E-state index in [0.29, 0.717) is 25.4 Å². The van der Waals surface area contributed by atoms with E-state index in [4.69, 9.17) is 10.5 Å². The molecule has 3 rings (SSSR count). The van der Waals surface area contributed by atoms with Crippen LogP contribution in [0.3, 0.4) is 0 Å². The monoisotopic (exact) mass is 356 g/mol. The molecule has 1 aliphatic rings. The zero-order chi connectivity index (χ0) is 18.4. The van der Waals surface area contributed by atoms with Gasteiger partial charge in [-0.15, -0.1) is 0 Å². The van der Waals surface area contributed by atoms with E-state index in [1.54, 1.807) is 6.20 Å². The topological polar surface area (TPSA) is 97.6 Å². The smallest absolute Gasteiger partial charge is 0.231 e. The largest absolute Gasteiger partial charge is 0.489 e. The fourth-order valence-corrected chi connectivity index (χ4v) is 3.31. The number of benzene rings is 1. The summed E-state index contributed by atoms with van der Waals surface area (Å²) in [6.07, 6.45) is 3.45. The number of ether oxygens (including phenoxy) is 1. The average molecular weight is 356 g/mol. The number of amides is 2. The normalized spacial score (nSPS) is 17.8. The van der Waals surface area contributed by atoms with Crippen molar-refractivity contribution in [1.82, 2.24) is 15.2 Å². The maximum atomic E-state index is 12.3. The summed E-state index contributed by atoms with van der Waals surface area (Å²) in [5.41, 5.74) is 6.05. The first-order chi connectivity index (χ1) is 12.6. The van der Waals surface area contributed by atoms with Gasteiger partial charge in [0.05, 0.1) is 19.0 Å². The van der Waals surface area contributed by atoms with Crippen molar-refractivity contribution in [3.8, 4) is 5.75 Å². The molecule has 0 bridgehead atoms. The first kappa shape index (κ1) is 18.1. The summed E-state index contributed by atoms with van der Waals surface area (Å²) in [4.78, 5) is 29.7. The third kappa shape index (κ3) is 4.70. The Balaban J connectivity index is 1.45. The Morgan fingerprint density at radius 3 is 3.00 bits per heavy atom. The number of nitrogens with two attached hydrogens (primary N) is 1. The highest BCUT2D eigenvalue weighted by Gasteiger charge is 2.26. The average Bonchev–Trinajstić information content (AvgIpc) is 2.65. The summed E-state index contributed by atoms with van der Waals surface area (Å²) in [5.74, 6) is 0.243. The molecule has 1 atom stereocenters. The second-order valence-corrected chi connectivity index (χ2v) is 6.51. The number of carbonyl (C=O) groups is 2. The number of hydrogen-bond acceptors (Lipinski definition) is 5. The second-order valence-electron chi connectivity index (χ2n) is 6.51. The summed E-state index contributed by atoms with van der Waals surface area (Å²) in [6, 6.07) is 9.65. The van der Waals surface area contributed by atoms with Gasteiger partial charge in [-0.05, 0) is 31.5 Å². The number of aromatic nitrogens is 1. The molecule has 1 aromatic carbocycles. The molecule has 7 heteroatoms. The first-order valence-corrected chi connectivity index (χ1v) is 8.88. The van der Waals surface area contributed by atoms with Gasteiger partial charge in [0.25, 0.3) is 0 Å². The van der Waals surface area contributed by atoms with E-state index >= 15 is 0 Å². The van der Waals surface area contributed by atoms with Gasteiger partial charge in [0.15, 0.2) is 0 Å². The van der Waals surface area contributed by atoms with Crippen molar-refractivity contribution in [2.75, 3.05) is 32.8 Å². The molecule has 2 amide bonds. The van der Waals surface area contributed by atoms with Crippen LogP contribution in [0.2, 0.25) is 0 Å². The van der Waals surface area contributed by atoms with Gasteiger partial charge in [0.1, 0.15) is 17.9 Å². The minimum absolute atomic E-state index is 0.00110. The SMILES string of the molecule is NC(=O)CN1CCC[C@H](C(=O)NCCOc2cccc3cccnc23)C1. The van der Waals surface area contributed by atoms with E-state index < -0.39 is 0 Å². The van der Waals surface area contributed by atoms with Crippen molar-refractivity contribution in [3.05, 3.63) is 36.5 Å². The minimum atomic E-state index is -0.358. The van der Waals surface area contributed by atoms with Gasteiger partial charge in [0, 0.05) is 18.1 Å². The highest BCUT2D eigenvalue weighted by molar-refractivity contribution is 5.84. The molecule has 1 saturated heterocycles. The lowest BCUT2D eigenvalue weighted by atomic mass is 9.97. The number of carbonyl (C=O) groups excluding carboxylic acids is 2. The van der Waals surface area contributed by atoms with Crippen LogP contribution in [0.15, 0.2) is 36.5 Å². The summed E-state index contributed by atoms with van der Waals surface area (Å²) in [7, 11) is 0. The van der Waals surface area contributed by atoms with Gasteiger partial charge >= 0.3 is 0 Å². The number of likely N-dealkylation sites (tertiary alicyclic amines) is 1. The lowest BCUT2D eigenvalue weighted by Crippen LogP contribution is -2.46. The molecule has 0 radical (unpaired) electrons. The molecule has 3 N–H and O–H groups in total. The Morgan fingerprint density at radius 2 is 2.15 bits per heavy atom. The maximum absolute atomic E-state index is 12.3. The molecule has 0 spiro atoms. The summed E-state index contributed by atoms with van der Waals surface area (Å²) >= 11 is 0. The van der Waals surface area contributed by atoms with Crippen molar-refractivity contribution >= 4 is 22.7 Å². The van der Waals surface area contributed by atoms with Gasteiger partial charge in [-0.2, -0.15) is 0 Å². The van der Waals surface area contributed by atoms with Crippen molar-refractivity contribution in [3.63, 3.8) is 0 Å². The van der Waals surface area contributed by atoms with Crippen LogP contribution in [0.4, 0.5) is 0 Å². The van der Waals surface area contributed by atoms with Crippen LogP contribution in [0.25, 0.3) is 10.9 Å². The van der Waals surface area contributed by atoms with Crippen LogP contribution in [0.5, 0.6) is 5.75 Å². The number of pyridine rings is 1. The molecule has 0 aliphatic carbocycles. The Kier molecular flexibility index (Phi) is 6.01.